The van der Waals surface area contributed by atoms with E-state index in [2.05, 4.69) is 23.8 Å². The Morgan fingerprint density at radius 2 is 2.25 bits per heavy atom. The second-order valence-corrected chi connectivity index (χ2v) is 6.19. The first-order valence-electron chi connectivity index (χ1n) is 6.30. The molecule has 3 unspecified atom stereocenters. The van der Waals surface area contributed by atoms with Gasteiger partial charge in [0.1, 0.15) is 11.0 Å². The highest BCUT2D eigenvalue weighted by molar-refractivity contribution is 7.87. The molecular weight excluding hydrogens is 218 g/mol. The number of allylic oxidation sites excluding steroid dienone is 3. The molecule has 1 N–H and O–H groups in total. The highest BCUT2D eigenvalue weighted by atomic mass is 32.2. The maximum atomic E-state index is 12.1. The Labute approximate surface area is 101 Å². The molecular formula is C13H21NOS. The van der Waals surface area contributed by atoms with Gasteiger partial charge in [-0.1, -0.05) is 31.9 Å². The van der Waals surface area contributed by atoms with Crippen LogP contribution in [0.1, 0.15) is 45.4 Å². The molecule has 0 spiro atoms. The molecule has 2 nitrogen and oxygen atoms in total. The van der Waals surface area contributed by atoms with Gasteiger partial charge in [0.15, 0.2) is 0 Å². The average Bonchev–Trinajstić information content (AvgIpc) is 2.30. The third-order valence-electron chi connectivity index (χ3n) is 3.39. The molecule has 90 valence electrons. The lowest BCUT2D eigenvalue weighted by Crippen LogP contribution is -2.35. The molecule has 0 aromatic heterocycles. The summed E-state index contributed by atoms with van der Waals surface area (Å²) in [6.07, 6.45) is 13.3. The largest absolute Gasteiger partial charge is 0.238 e. The van der Waals surface area contributed by atoms with Gasteiger partial charge < -0.3 is 0 Å². The number of hydrogen-bond donors (Lipinski definition) is 1. The van der Waals surface area contributed by atoms with E-state index in [1.54, 1.807) is 0 Å². The number of rotatable bonds is 3. The molecule has 0 aliphatic heterocycles. The molecule has 2 aliphatic carbocycles. The normalized spacial score (nSPS) is 32.2. The Balaban J connectivity index is 1.86. The Kier molecular flexibility index (Phi) is 4.36. The van der Waals surface area contributed by atoms with Crippen LogP contribution < -0.4 is 4.72 Å². The fourth-order valence-corrected chi connectivity index (χ4v) is 3.63. The van der Waals surface area contributed by atoms with Crippen LogP contribution in [0, 0.1) is 5.92 Å². The van der Waals surface area contributed by atoms with Gasteiger partial charge in [-0.2, -0.15) is 0 Å². The summed E-state index contributed by atoms with van der Waals surface area (Å²) >= 11 is 0. The monoisotopic (exact) mass is 239 g/mol. The summed E-state index contributed by atoms with van der Waals surface area (Å²) in [6, 6.07) is 0.445. The molecule has 1 fully saturated rings. The highest BCUT2D eigenvalue weighted by Gasteiger charge is 2.21. The Morgan fingerprint density at radius 3 is 2.94 bits per heavy atom. The lowest BCUT2D eigenvalue weighted by Gasteiger charge is -2.27. The van der Waals surface area contributed by atoms with Crippen LogP contribution in [0.15, 0.2) is 23.1 Å². The summed E-state index contributed by atoms with van der Waals surface area (Å²) in [6.45, 7) is 2.29. The minimum atomic E-state index is -0.995. The summed E-state index contributed by atoms with van der Waals surface area (Å²) < 4.78 is 15.3. The molecule has 2 rings (SSSR count). The third kappa shape index (κ3) is 3.29. The van der Waals surface area contributed by atoms with Crippen LogP contribution in [-0.4, -0.2) is 10.3 Å². The quantitative estimate of drug-likeness (QED) is 0.806. The van der Waals surface area contributed by atoms with Crippen molar-refractivity contribution in [2.24, 2.45) is 5.92 Å². The van der Waals surface area contributed by atoms with E-state index >= 15 is 0 Å². The topological polar surface area (TPSA) is 29.1 Å². The first kappa shape index (κ1) is 12.1. The van der Waals surface area contributed by atoms with Crippen molar-refractivity contribution in [2.45, 2.75) is 51.5 Å². The lowest BCUT2D eigenvalue weighted by atomic mass is 9.88. The molecule has 0 aromatic rings. The lowest BCUT2D eigenvalue weighted by molar-refractivity contribution is 0.330. The van der Waals surface area contributed by atoms with Crippen LogP contribution in [0.3, 0.4) is 0 Å². The van der Waals surface area contributed by atoms with Crippen LogP contribution >= 0.6 is 0 Å². The van der Waals surface area contributed by atoms with E-state index in [-0.39, 0.29) is 0 Å². The smallest absolute Gasteiger partial charge is 0.124 e. The highest BCUT2D eigenvalue weighted by Crippen LogP contribution is 2.24. The van der Waals surface area contributed by atoms with Gasteiger partial charge in [-0.05, 0) is 37.7 Å². The zero-order chi connectivity index (χ0) is 11.4. The van der Waals surface area contributed by atoms with Crippen LogP contribution in [-0.2, 0) is 11.0 Å². The van der Waals surface area contributed by atoms with E-state index in [0.717, 1.165) is 23.7 Å². The maximum absolute atomic E-state index is 12.1. The van der Waals surface area contributed by atoms with Crippen molar-refractivity contribution in [3.63, 3.8) is 0 Å². The molecule has 2 aliphatic rings. The predicted octanol–water partition coefficient (Wildman–Crippen LogP) is 3.05. The van der Waals surface area contributed by atoms with Crippen LogP contribution in [0.2, 0.25) is 0 Å². The van der Waals surface area contributed by atoms with Crippen molar-refractivity contribution in [2.75, 3.05) is 0 Å². The molecule has 0 saturated heterocycles. The van der Waals surface area contributed by atoms with Gasteiger partial charge in [0.25, 0.3) is 0 Å². The number of nitrogens with one attached hydrogen (secondary N) is 1. The molecule has 16 heavy (non-hydrogen) atoms. The van der Waals surface area contributed by atoms with E-state index in [1.165, 1.54) is 25.7 Å². The fourth-order valence-electron chi connectivity index (χ4n) is 2.49. The van der Waals surface area contributed by atoms with Crippen LogP contribution in [0.5, 0.6) is 0 Å². The molecule has 0 amide bonds. The van der Waals surface area contributed by atoms with Crippen molar-refractivity contribution in [3.8, 4) is 0 Å². The third-order valence-corrected chi connectivity index (χ3v) is 4.66. The molecule has 0 heterocycles. The van der Waals surface area contributed by atoms with E-state index < -0.39 is 11.0 Å². The van der Waals surface area contributed by atoms with Crippen molar-refractivity contribution >= 4 is 11.0 Å². The standard InChI is InChI=1S/C13H21NOS/c1-11-6-5-7-12(10-11)14-16(15)13-8-3-2-4-9-13/h3,8-9,11-12,14H,2,4-7,10H2,1H3. The van der Waals surface area contributed by atoms with Gasteiger partial charge in [-0.25, -0.2) is 8.93 Å². The zero-order valence-corrected chi connectivity index (χ0v) is 10.8. The van der Waals surface area contributed by atoms with Crippen molar-refractivity contribution < 1.29 is 4.21 Å². The summed E-state index contributed by atoms with van der Waals surface area (Å²) in [5.41, 5.74) is 0. The van der Waals surface area contributed by atoms with Gasteiger partial charge in [0, 0.05) is 10.9 Å². The van der Waals surface area contributed by atoms with Gasteiger partial charge in [-0.15, -0.1) is 0 Å². The minimum absolute atomic E-state index is 0.445. The first-order chi connectivity index (χ1) is 7.75. The summed E-state index contributed by atoms with van der Waals surface area (Å²) in [7, 11) is -0.995. The van der Waals surface area contributed by atoms with Gasteiger partial charge >= 0.3 is 0 Å². The van der Waals surface area contributed by atoms with E-state index in [4.69, 9.17) is 0 Å². The van der Waals surface area contributed by atoms with Crippen molar-refractivity contribution in [1.29, 1.82) is 0 Å². The predicted molar refractivity (Wildman–Crippen MR) is 69.2 cm³/mol. The van der Waals surface area contributed by atoms with Crippen molar-refractivity contribution in [3.05, 3.63) is 23.1 Å². The van der Waals surface area contributed by atoms with E-state index in [1.807, 2.05) is 6.08 Å². The average molecular weight is 239 g/mol. The SMILES string of the molecule is CC1CCCC(NS(=O)C2=CCCC=C2)C1. The van der Waals surface area contributed by atoms with Gasteiger partial charge in [0.2, 0.25) is 0 Å². The maximum Gasteiger partial charge on any atom is 0.124 e. The number of hydrogen-bond acceptors (Lipinski definition) is 1. The molecule has 0 radical (unpaired) electrons. The molecule has 1 saturated carbocycles. The Morgan fingerprint density at radius 1 is 1.38 bits per heavy atom. The molecule has 3 heteroatoms. The van der Waals surface area contributed by atoms with Crippen LogP contribution in [0.4, 0.5) is 0 Å². The fraction of sp³-hybridized carbons (Fsp3) is 0.692. The summed E-state index contributed by atoms with van der Waals surface area (Å²) in [5.74, 6) is 0.777. The summed E-state index contributed by atoms with van der Waals surface area (Å²) in [4.78, 5) is 0.962. The molecule has 0 bridgehead atoms. The van der Waals surface area contributed by atoms with E-state index in [9.17, 15) is 4.21 Å². The minimum Gasteiger partial charge on any atom is -0.238 e. The second kappa shape index (κ2) is 5.78. The Hall–Kier alpha value is -0.410. The molecule has 3 atom stereocenters. The van der Waals surface area contributed by atoms with Gasteiger partial charge in [0.05, 0.1) is 0 Å². The first-order valence-corrected chi connectivity index (χ1v) is 7.45. The zero-order valence-electron chi connectivity index (χ0n) is 9.95. The van der Waals surface area contributed by atoms with Crippen LogP contribution in [0.25, 0.3) is 0 Å². The van der Waals surface area contributed by atoms with E-state index in [0.29, 0.717) is 6.04 Å². The van der Waals surface area contributed by atoms with Gasteiger partial charge in [-0.3, -0.25) is 0 Å². The van der Waals surface area contributed by atoms with Crippen molar-refractivity contribution in [1.82, 2.24) is 4.72 Å². The molecule has 0 aromatic carbocycles. The second-order valence-electron chi connectivity index (χ2n) is 4.94. The summed E-state index contributed by atoms with van der Waals surface area (Å²) in [5, 5.41) is 0. The Bertz CT molecular complexity index is 322.